The van der Waals surface area contributed by atoms with Gasteiger partial charge in [-0.25, -0.2) is 0 Å². The number of hydrogen-bond donors (Lipinski definition) is 2. The summed E-state index contributed by atoms with van der Waals surface area (Å²) in [4.78, 5) is 9.51. The molecule has 0 atom stereocenters. The first-order chi connectivity index (χ1) is 5.13. The minimum Gasteiger partial charge on any atom is -0.298 e. The molecule has 1 rings (SSSR count). The van der Waals surface area contributed by atoms with Gasteiger partial charge in [-0.2, -0.15) is 0 Å². The zero-order chi connectivity index (χ0) is 8.43. The topological polar surface area (TPSA) is 90.8 Å². The van der Waals surface area contributed by atoms with Crippen LogP contribution in [-0.4, -0.2) is 16.3 Å². The van der Waals surface area contributed by atoms with Gasteiger partial charge in [-0.1, -0.05) is 6.08 Å². The molecule has 2 N–H and O–H groups in total. The van der Waals surface area contributed by atoms with Crippen molar-refractivity contribution in [2.75, 3.05) is 0 Å². The van der Waals surface area contributed by atoms with Crippen LogP contribution in [-0.2, 0) is 0 Å². The third-order valence-electron chi connectivity index (χ3n) is 1.24. The fourth-order valence-corrected chi connectivity index (χ4v) is 0.692. The monoisotopic (exact) mass is 151 g/mol. The van der Waals surface area contributed by atoms with E-state index in [0.717, 1.165) is 0 Å². The van der Waals surface area contributed by atoms with Gasteiger partial charge in [0.2, 0.25) is 0 Å². The van der Waals surface area contributed by atoms with E-state index < -0.39 is 4.92 Å². The van der Waals surface area contributed by atoms with Gasteiger partial charge >= 0.3 is 0 Å². The SMILES string of the molecule is N=C1C=CC=C([N+](=O)[O-])C1=N. The third kappa shape index (κ3) is 1.21. The predicted molar refractivity (Wildman–Crippen MR) is 39.7 cm³/mol. The molecule has 0 unspecified atom stereocenters. The van der Waals surface area contributed by atoms with E-state index in [1.165, 1.54) is 18.2 Å². The van der Waals surface area contributed by atoms with E-state index in [1.54, 1.807) is 0 Å². The van der Waals surface area contributed by atoms with Crippen LogP contribution < -0.4 is 0 Å². The fraction of sp³-hybridized carbons (Fsp3) is 0. The van der Waals surface area contributed by atoms with Gasteiger partial charge in [-0.3, -0.25) is 20.9 Å². The average molecular weight is 151 g/mol. The zero-order valence-corrected chi connectivity index (χ0v) is 5.50. The fourth-order valence-electron chi connectivity index (χ4n) is 0.692. The summed E-state index contributed by atoms with van der Waals surface area (Å²) in [5.74, 6) is 0. The van der Waals surface area contributed by atoms with Crippen molar-refractivity contribution in [1.29, 1.82) is 10.8 Å². The predicted octanol–water partition coefficient (Wildman–Crippen LogP) is 0.756. The molecule has 0 amide bonds. The molecule has 0 aliphatic heterocycles. The highest BCUT2D eigenvalue weighted by Crippen LogP contribution is 2.05. The molecule has 56 valence electrons. The van der Waals surface area contributed by atoms with Gasteiger partial charge in [0.25, 0.3) is 5.70 Å². The molecule has 0 spiro atoms. The number of rotatable bonds is 1. The maximum Gasteiger partial charge on any atom is 0.296 e. The lowest BCUT2D eigenvalue weighted by atomic mass is 10.1. The van der Waals surface area contributed by atoms with E-state index in [4.69, 9.17) is 10.8 Å². The van der Waals surface area contributed by atoms with Crippen LogP contribution >= 0.6 is 0 Å². The van der Waals surface area contributed by atoms with Crippen molar-refractivity contribution in [1.82, 2.24) is 0 Å². The van der Waals surface area contributed by atoms with Crippen molar-refractivity contribution in [2.24, 2.45) is 0 Å². The summed E-state index contributed by atoms with van der Waals surface area (Å²) >= 11 is 0. The van der Waals surface area contributed by atoms with Gasteiger partial charge in [0.05, 0.1) is 10.6 Å². The van der Waals surface area contributed by atoms with Crippen molar-refractivity contribution >= 4 is 11.4 Å². The first kappa shape index (κ1) is 7.33. The lowest BCUT2D eigenvalue weighted by Gasteiger charge is -2.01. The Balaban J connectivity index is 3.06. The molecule has 5 heteroatoms. The summed E-state index contributed by atoms with van der Waals surface area (Å²) in [5.41, 5.74) is -0.783. The van der Waals surface area contributed by atoms with Crippen LogP contribution in [0.3, 0.4) is 0 Å². The smallest absolute Gasteiger partial charge is 0.296 e. The number of hydrogen-bond acceptors (Lipinski definition) is 4. The summed E-state index contributed by atoms with van der Waals surface area (Å²) in [6.07, 6.45) is 3.94. The molecule has 0 bridgehead atoms. The lowest BCUT2D eigenvalue weighted by molar-refractivity contribution is -0.414. The van der Waals surface area contributed by atoms with E-state index in [-0.39, 0.29) is 17.1 Å². The van der Waals surface area contributed by atoms with Gasteiger partial charge in [0, 0.05) is 6.08 Å². The highest BCUT2D eigenvalue weighted by Gasteiger charge is 2.21. The molecule has 0 saturated carbocycles. The molecule has 11 heavy (non-hydrogen) atoms. The Morgan fingerprint density at radius 1 is 1.45 bits per heavy atom. The van der Waals surface area contributed by atoms with E-state index >= 15 is 0 Å². The van der Waals surface area contributed by atoms with Gasteiger partial charge in [-0.15, -0.1) is 0 Å². The summed E-state index contributed by atoms with van der Waals surface area (Å²) in [6.45, 7) is 0. The Morgan fingerprint density at radius 2 is 2.09 bits per heavy atom. The lowest BCUT2D eigenvalue weighted by Crippen LogP contribution is -2.19. The van der Waals surface area contributed by atoms with Crippen molar-refractivity contribution in [3.05, 3.63) is 34.0 Å². The van der Waals surface area contributed by atoms with Gasteiger partial charge in [0.15, 0.2) is 5.71 Å². The molecule has 1 aliphatic carbocycles. The number of nitro groups is 1. The van der Waals surface area contributed by atoms with Crippen molar-refractivity contribution in [3.8, 4) is 0 Å². The Labute approximate surface area is 62.2 Å². The van der Waals surface area contributed by atoms with Crippen molar-refractivity contribution < 1.29 is 4.92 Å². The second-order valence-electron chi connectivity index (χ2n) is 1.96. The quantitative estimate of drug-likeness (QED) is 0.329. The molecule has 0 aromatic carbocycles. The van der Waals surface area contributed by atoms with Crippen LogP contribution in [0.25, 0.3) is 0 Å². The Morgan fingerprint density at radius 3 is 2.55 bits per heavy atom. The minimum atomic E-state index is -0.666. The van der Waals surface area contributed by atoms with E-state index in [2.05, 4.69) is 0 Å². The highest BCUT2D eigenvalue weighted by molar-refractivity contribution is 6.49. The molecule has 0 aromatic heterocycles. The van der Waals surface area contributed by atoms with Crippen LogP contribution in [0.1, 0.15) is 0 Å². The number of nitrogens with one attached hydrogen (secondary N) is 2. The van der Waals surface area contributed by atoms with Gasteiger partial charge in [-0.05, 0) is 6.08 Å². The van der Waals surface area contributed by atoms with Crippen LogP contribution in [0, 0.1) is 20.9 Å². The Bertz CT molecular complexity index is 301. The average Bonchev–Trinajstić information content (AvgIpc) is 1.94. The first-order valence-electron chi connectivity index (χ1n) is 2.83. The number of nitrogens with zero attached hydrogens (tertiary/aromatic N) is 1. The zero-order valence-electron chi connectivity index (χ0n) is 5.50. The summed E-state index contributed by atoms with van der Waals surface area (Å²) in [5, 5.41) is 24.3. The van der Waals surface area contributed by atoms with Crippen LogP contribution in [0.15, 0.2) is 23.9 Å². The third-order valence-corrected chi connectivity index (χ3v) is 1.24. The summed E-state index contributed by atoms with van der Waals surface area (Å²) < 4.78 is 0. The van der Waals surface area contributed by atoms with Gasteiger partial charge in [0.1, 0.15) is 0 Å². The Hall–Kier alpha value is -1.78. The molecule has 5 nitrogen and oxygen atoms in total. The minimum absolute atomic E-state index is 0.126. The second kappa shape index (κ2) is 2.45. The maximum atomic E-state index is 10.2. The molecule has 0 fully saturated rings. The van der Waals surface area contributed by atoms with E-state index in [9.17, 15) is 10.1 Å². The summed E-state index contributed by atoms with van der Waals surface area (Å²) in [6, 6.07) is 0. The molecule has 0 saturated heterocycles. The van der Waals surface area contributed by atoms with Crippen LogP contribution in [0.4, 0.5) is 0 Å². The van der Waals surface area contributed by atoms with Crippen molar-refractivity contribution in [3.63, 3.8) is 0 Å². The van der Waals surface area contributed by atoms with Gasteiger partial charge < -0.3 is 0 Å². The van der Waals surface area contributed by atoms with Crippen molar-refractivity contribution in [2.45, 2.75) is 0 Å². The largest absolute Gasteiger partial charge is 0.298 e. The Kier molecular flexibility index (Phi) is 1.63. The molecule has 1 aliphatic rings. The molecule has 0 heterocycles. The normalized spacial score (nSPS) is 16.5. The number of allylic oxidation sites excluding steroid dienone is 4. The maximum absolute atomic E-state index is 10.2. The molecule has 0 radical (unpaired) electrons. The van der Waals surface area contributed by atoms with Crippen LogP contribution in [0.2, 0.25) is 0 Å². The second-order valence-corrected chi connectivity index (χ2v) is 1.96. The van der Waals surface area contributed by atoms with E-state index in [0.29, 0.717) is 0 Å². The van der Waals surface area contributed by atoms with Crippen LogP contribution in [0.5, 0.6) is 0 Å². The molecular weight excluding hydrogens is 146 g/mol. The standard InChI is InChI=1S/C6H5N3O2/c7-4-2-1-3-5(6(4)8)9(10)11/h1-3,7-8H. The summed E-state index contributed by atoms with van der Waals surface area (Å²) in [7, 11) is 0. The highest BCUT2D eigenvalue weighted by atomic mass is 16.6. The first-order valence-corrected chi connectivity index (χ1v) is 2.83. The molecule has 0 aromatic rings. The molecular formula is C6H5N3O2. The van der Waals surface area contributed by atoms with E-state index in [1.807, 2.05) is 0 Å².